The van der Waals surface area contributed by atoms with Gasteiger partial charge in [-0.25, -0.2) is 4.39 Å². The lowest BCUT2D eigenvalue weighted by molar-refractivity contribution is -0.134. The molecule has 1 aliphatic heterocycles. The highest BCUT2D eigenvalue weighted by atomic mass is 19.1. The molecule has 1 amide bonds. The Balaban J connectivity index is 1.39. The van der Waals surface area contributed by atoms with Crippen LogP contribution in [0.1, 0.15) is 16.7 Å². The second kappa shape index (κ2) is 12.1. The zero-order chi connectivity index (χ0) is 24.5. The van der Waals surface area contributed by atoms with E-state index in [9.17, 15) is 9.18 Å². The van der Waals surface area contributed by atoms with Gasteiger partial charge in [0.15, 0.2) is 6.61 Å². The number of nitrogens with zero attached hydrogens (tertiary/aromatic N) is 3. The molecule has 3 aromatic carbocycles. The van der Waals surface area contributed by atoms with Crippen LogP contribution in [0.4, 0.5) is 4.39 Å². The summed E-state index contributed by atoms with van der Waals surface area (Å²) in [5, 5.41) is 4.40. The van der Waals surface area contributed by atoms with Crippen LogP contribution in [0.15, 0.2) is 84.0 Å². The molecule has 0 aliphatic carbocycles. The van der Waals surface area contributed by atoms with Crippen molar-refractivity contribution in [1.29, 1.82) is 0 Å². The number of benzene rings is 3. The average molecular weight is 476 g/mol. The lowest BCUT2D eigenvalue weighted by Gasteiger charge is -2.32. The van der Waals surface area contributed by atoms with E-state index in [4.69, 9.17) is 9.57 Å². The van der Waals surface area contributed by atoms with E-state index in [-0.39, 0.29) is 24.9 Å². The van der Waals surface area contributed by atoms with E-state index in [0.717, 1.165) is 48.6 Å². The summed E-state index contributed by atoms with van der Waals surface area (Å²) in [6, 6.07) is 23.7. The van der Waals surface area contributed by atoms with Gasteiger partial charge in [0.25, 0.3) is 5.91 Å². The Labute approximate surface area is 205 Å². The summed E-state index contributed by atoms with van der Waals surface area (Å²) in [4.78, 5) is 22.1. The molecule has 0 radical (unpaired) electrons. The maximum Gasteiger partial charge on any atom is 0.260 e. The number of piperazine rings is 1. The fourth-order valence-corrected chi connectivity index (χ4v) is 3.78. The van der Waals surface area contributed by atoms with E-state index in [0.29, 0.717) is 12.2 Å². The molecular weight excluding hydrogens is 445 g/mol. The van der Waals surface area contributed by atoms with Crippen LogP contribution < -0.4 is 4.74 Å². The molecule has 0 bridgehead atoms. The van der Waals surface area contributed by atoms with Crippen LogP contribution in [0.3, 0.4) is 0 Å². The Kier molecular flexibility index (Phi) is 8.46. The first kappa shape index (κ1) is 24.4. The first-order chi connectivity index (χ1) is 17.1. The van der Waals surface area contributed by atoms with Gasteiger partial charge < -0.3 is 19.4 Å². The molecule has 0 saturated carbocycles. The summed E-state index contributed by atoms with van der Waals surface area (Å²) in [7, 11) is 2.06. The van der Waals surface area contributed by atoms with Crippen molar-refractivity contribution >= 4 is 11.6 Å². The predicted molar refractivity (Wildman–Crippen MR) is 134 cm³/mol. The fourth-order valence-electron chi connectivity index (χ4n) is 3.78. The molecule has 3 aromatic rings. The summed E-state index contributed by atoms with van der Waals surface area (Å²) in [6.07, 6.45) is 0.590. The van der Waals surface area contributed by atoms with E-state index < -0.39 is 0 Å². The van der Waals surface area contributed by atoms with Crippen LogP contribution in [-0.4, -0.2) is 61.3 Å². The van der Waals surface area contributed by atoms with Crippen molar-refractivity contribution < 1.29 is 18.8 Å². The summed E-state index contributed by atoms with van der Waals surface area (Å²) in [5.41, 5.74) is 3.60. The molecule has 1 heterocycles. The molecule has 0 atom stereocenters. The van der Waals surface area contributed by atoms with Gasteiger partial charge in [-0.15, -0.1) is 0 Å². The number of carbonyl (C=O) groups excluding carboxylic acids is 1. The van der Waals surface area contributed by atoms with Crippen molar-refractivity contribution in [2.45, 2.75) is 13.0 Å². The Morgan fingerprint density at radius 3 is 2.26 bits per heavy atom. The third kappa shape index (κ3) is 7.39. The van der Waals surface area contributed by atoms with Gasteiger partial charge in [0, 0.05) is 32.6 Å². The molecule has 1 aliphatic rings. The largest absolute Gasteiger partial charge is 0.484 e. The normalized spacial score (nSPS) is 14.6. The number of halogens is 1. The Morgan fingerprint density at radius 1 is 0.886 bits per heavy atom. The zero-order valence-electron chi connectivity index (χ0n) is 19.9. The van der Waals surface area contributed by atoms with Crippen LogP contribution in [-0.2, 0) is 22.7 Å². The van der Waals surface area contributed by atoms with E-state index in [1.54, 1.807) is 12.1 Å². The smallest absolute Gasteiger partial charge is 0.260 e. The van der Waals surface area contributed by atoms with Crippen LogP contribution in [0.2, 0.25) is 0 Å². The van der Waals surface area contributed by atoms with E-state index in [1.165, 1.54) is 12.1 Å². The minimum absolute atomic E-state index is 0.00250. The molecular formula is C28H30FN3O3. The quantitative estimate of drug-likeness (QED) is 0.345. The van der Waals surface area contributed by atoms with Gasteiger partial charge in [0.05, 0.1) is 5.71 Å². The zero-order valence-corrected chi connectivity index (χ0v) is 19.9. The third-order valence-corrected chi connectivity index (χ3v) is 5.94. The lowest BCUT2D eigenvalue weighted by atomic mass is 10.0. The maximum atomic E-state index is 13.1. The lowest BCUT2D eigenvalue weighted by Crippen LogP contribution is -2.48. The number of amides is 1. The van der Waals surface area contributed by atoms with E-state index >= 15 is 0 Å². The molecule has 0 spiro atoms. The molecule has 0 unspecified atom stereocenters. The Hall–Kier alpha value is -3.71. The number of oxime groups is 1. The SMILES string of the molecule is CN1CCN(C(=O)COc2ccc(/C(Cc3ccccc3)=N\OCc3ccc(F)cc3)cc2)CC1. The molecule has 7 heteroatoms. The van der Waals surface area contributed by atoms with Crippen molar-refractivity contribution in [2.75, 3.05) is 39.8 Å². The van der Waals surface area contributed by atoms with Gasteiger partial charge in [-0.2, -0.15) is 0 Å². The first-order valence-corrected chi connectivity index (χ1v) is 11.7. The molecule has 4 rings (SSSR count). The highest BCUT2D eigenvalue weighted by molar-refractivity contribution is 6.01. The fraction of sp³-hybridized carbons (Fsp3) is 0.286. The number of hydrogen-bond acceptors (Lipinski definition) is 5. The van der Waals surface area contributed by atoms with Gasteiger partial charge in [-0.1, -0.05) is 47.6 Å². The summed E-state index contributed by atoms with van der Waals surface area (Å²) < 4.78 is 18.9. The molecule has 1 saturated heterocycles. The maximum absolute atomic E-state index is 13.1. The third-order valence-electron chi connectivity index (χ3n) is 5.94. The van der Waals surface area contributed by atoms with Gasteiger partial charge in [0.1, 0.15) is 18.2 Å². The Morgan fingerprint density at radius 2 is 1.57 bits per heavy atom. The van der Waals surface area contributed by atoms with Gasteiger partial charge in [-0.05, 0) is 60.1 Å². The molecule has 182 valence electrons. The minimum Gasteiger partial charge on any atom is -0.484 e. The van der Waals surface area contributed by atoms with Crippen LogP contribution in [0.25, 0.3) is 0 Å². The first-order valence-electron chi connectivity index (χ1n) is 11.7. The molecule has 1 fully saturated rings. The van der Waals surface area contributed by atoms with E-state index in [1.807, 2.05) is 59.5 Å². The number of likely N-dealkylation sites (N-methyl/N-ethyl adjacent to an activating group) is 1. The standard InChI is InChI=1S/C28H30FN3O3/c1-31-15-17-32(18-16-31)28(33)21-34-26-13-9-24(10-14-26)27(19-22-5-3-2-4-6-22)30-35-20-23-7-11-25(29)12-8-23/h2-14H,15-21H2,1H3/b30-27-. The van der Waals surface area contributed by atoms with E-state index in [2.05, 4.69) is 17.1 Å². The highest BCUT2D eigenvalue weighted by Gasteiger charge is 2.19. The van der Waals surface area contributed by atoms with Crippen molar-refractivity contribution in [3.63, 3.8) is 0 Å². The summed E-state index contributed by atoms with van der Waals surface area (Å²) in [6.45, 7) is 3.49. The number of ether oxygens (including phenoxy) is 1. The predicted octanol–water partition coefficient (Wildman–Crippen LogP) is 4.14. The van der Waals surface area contributed by atoms with Crippen LogP contribution >= 0.6 is 0 Å². The van der Waals surface area contributed by atoms with Gasteiger partial charge in [-0.3, -0.25) is 4.79 Å². The van der Waals surface area contributed by atoms with Gasteiger partial charge in [0.2, 0.25) is 0 Å². The second-order valence-electron chi connectivity index (χ2n) is 8.60. The monoisotopic (exact) mass is 475 g/mol. The average Bonchev–Trinajstić information content (AvgIpc) is 2.89. The van der Waals surface area contributed by atoms with Crippen molar-refractivity contribution in [3.05, 3.63) is 101 Å². The molecule has 6 nitrogen and oxygen atoms in total. The topological polar surface area (TPSA) is 54.4 Å². The number of rotatable bonds is 9. The second-order valence-corrected chi connectivity index (χ2v) is 8.60. The minimum atomic E-state index is -0.283. The number of carbonyl (C=O) groups is 1. The molecule has 35 heavy (non-hydrogen) atoms. The van der Waals surface area contributed by atoms with Crippen molar-refractivity contribution in [1.82, 2.24) is 9.80 Å². The van der Waals surface area contributed by atoms with Gasteiger partial charge >= 0.3 is 0 Å². The molecule has 0 N–H and O–H groups in total. The van der Waals surface area contributed by atoms with Crippen LogP contribution in [0, 0.1) is 5.82 Å². The summed E-state index contributed by atoms with van der Waals surface area (Å²) >= 11 is 0. The molecule has 0 aromatic heterocycles. The van der Waals surface area contributed by atoms with Crippen LogP contribution in [0.5, 0.6) is 5.75 Å². The van der Waals surface area contributed by atoms with Crippen molar-refractivity contribution in [3.8, 4) is 5.75 Å². The van der Waals surface area contributed by atoms with Crippen molar-refractivity contribution in [2.24, 2.45) is 5.16 Å². The number of hydrogen-bond donors (Lipinski definition) is 0. The highest BCUT2D eigenvalue weighted by Crippen LogP contribution is 2.16. The summed E-state index contributed by atoms with van der Waals surface area (Å²) in [5.74, 6) is 0.347. The Bertz CT molecular complexity index is 1110.